The van der Waals surface area contributed by atoms with E-state index in [4.69, 9.17) is 5.73 Å². The molecule has 0 bridgehead atoms. The Morgan fingerprint density at radius 3 is 2.33 bits per heavy atom. The van der Waals surface area contributed by atoms with E-state index in [0.717, 1.165) is 82.6 Å². The van der Waals surface area contributed by atoms with Gasteiger partial charge in [0.25, 0.3) is 0 Å². The van der Waals surface area contributed by atoms with Gasteiger partial charge in [0.1, 0.15) is 11.6 Å². The number of anilines is 2. The maximum atomic E-state index is 15.3. The first-order valence-electron chi connectivity index (χ1n) is 20.9. The second kappa shape index (κ2) is 27.1. The molecule has 1 unspecified atom stereocenters. The van der Waals surface area contributed by atoms with E-state index in [1.807, 2.05) is 38.3 Å². The number of aliphatic hydroxyl groups is 1. The van der Waals surface area contributed by atoms with Crippen LogP contribution < -0.4 is 26.6 Å². The minimum Gasteiger partial charge on any atom is -0.510 e. The summed E-state index contributed by atoms with van der Waals surface area (Å²) in [6.45, 7) is 34.8. The number of benzene rings is 2. The highest BCUT2D eigenvalue weighted by atomic mass is 19.1. The quantitative estimate of drug-likeness (QED) is 0.0263. The van der Waals surface area contributed by atoms with E-state index < -0.39 is 0 Å². The van der Waals surface area contributed by atoms with Crippen molar-refractivity contribution in [2.24, 2.45) is 5.73 Å². The Hall–Kier alpha value is -5.74. The van der Waals surface area contributed by atoms with Crippen LogP contribution >= 0.6 is 0 Å². The van der Waals surface area contributed by atoms with Crippen LogP contribution in [0.25, 0.3) is 0 Å². The van der Waals surface area contributed by atoms with Crippen LogP contribution in [0.15, 0.2) is 152 Å². The average molecular weight is 822 g/mol. The molecule has 0 saturated carbocycles. The molecule has 0 radical (unpaired) electrons. The third kappa shape index (κ3) is 15.5. The van der Waals surface area contributed by atoms with E-state index in [0.29, 0.717) is 47.6 Å². The molecule has 6 N–H and O–H groups in total. The average Bonchev–Trinajstić information content (AvgIpc) is 3.23. The molecule has 1 atom stereocenters. The minimum atomic E-state index is -0.235. The van der Waals surface area contributed by atoms with Crippen molar-refractivity contribution in [3.8, 4) is 0 Å². The summed E-state index contributed by atoms with van der Waals surface area (Å²) in [5.41, 5.74) is 15.2. The molecule has 4 rings (SSSR count). The summed E-state index contributed by atoms with van der Waals surface area (Å²) in [6, 6.07) is 14.5. The van der Waals surface area contributed by atoms with Gasteiger partial charge in [0.05, 0.1) is 5.70 Å². The van der Waals surface area contributed by atoms with Gasteiger partial charge in [0.15, 0.2) is 0 Å². The number of carbonyl (C=O) groups excluding carboxylic acids is 1. The van der Waals surface area contributed by atoms with Crippen molar-refractivity contribution >= 4 is 17.8 Å². The molecule has 60 heavy (non-hydrogen) atoms. The third-order valence-corrected chi connectivity index (χ3v) is 10.9. The molecule has 2 heterocycles. The van der Waals surface area contributed by atoms with Gasteiger partial charge in [0.2, 0.25) is 6.41 Å². The normalized spacial score (nSPS) is 15.2. The number of carbonyl (C=O) groups is 1. The van der Waals surface area contributed by atoms with Gasteiger partial charge in [-0.3, -0.25) is 9.69 Å². The summed E-state index contributed by atoms with van der Waals surface area (Å²) in [6.07, 6.45) is 14.7. The summed E-state index contributed by atoms with van der Waals surface area (Å²) in [7, 11) is 1.81. The number of hydrogen-bond donors (Lipinski definition) is 5. The Bertz CT molecular complexity index is 1830. The number of rotatable bonds is 22. The fraction of sp³-hybridized carbons (Fsp3) is 0.380. The topological polar surface area (TPSA) is 109 Å². The van der Waals surface area contributed by atoms with Crippen molar-refractivity contribution in [3.63, 3.8) is 0 Å². The standard InChI is InChI=1S/C45H61FN6O2.C3H7N.C2H4/c1-8-12-36(9-2)38-17-20-41(21-18-38)52-29-42(30-52)50(26-23-48-31-53)24-11-13-39-16-19-40(27-43(39)46)49-33(5)14-15-37-22-25-51(28-32(37)4)44(10-3)34(6)45(47)35(7)54;1-3-4-2;1-2/h9-10,14-21,27,31,36,42,49,54H,2-3,5,8,11-13,22-26,28-30,47H2,1,4,6-7H3,(H,48,53);3-4H,1H2,2H3;1-2H2/b15-14-,44-34+,45-35-;;. The monoisotopic (exact) mass is 822 g/mol. The lowest BCUT2D eigenvalue weighted by molar-refractivity contribution is -0.109. The number of allylic oxidation sites excluding steroid dienone is 6. The molecule has 2 aliphatic rings. The van der Waals surface area contributed by atoms with Crippen LogP contribution in [0, 0.1) is 5.82 Å². The van der Waals surface area contributed by atoms with Crippen LogP contribution in [0.2, 0.25) is 0 Å². The molecule has 2 aliphatic heterocycles. The van der Waals surface area contributed by atoms with E-state index in [1.54, 1.807) is 19.2 Å². The number of halogens is 1. The highest BCUT2D eigenvalue weighted by Crippen LogP contribution is 2.29. The van der Waals surface area contributed by atoms with E-state index in [-0.39, 0.29) is 11.6 Å². The first-order chi connectivity index (χ1) is 28.9. The van der Waals surface area contributed by atoms with Crippen molar-refractivity contribution in [3.05, 3.63) is 169 Å². The Morgan fingerprint density at radius 2 is 1.78 bits per heavy atom. The van der Waals surface area contributed by atoms with E-state index >= 15 is 4.39 Å². The van der Waals surface area contributed by atoms with Crippen LogP contribution in [0.4, 0.5) is 15.8 Å². The maximum Gasteiger partial charge on any atom is 0.207 e. The van der Waals surface area contributed by atoms with Crippen molar-refractivity contribution in [1.29, 1.82) is 0 Å². The molecule has 2 aromatic rings. The first-order valence-corrected chi connectivity index (χ1v) is 20.9. The fourth-order valence-corrected chi connectivity index (χ4v) is 7.33. The lowest BCUT2D eigenvalue weighted by Crippen LogP contribution is -2.60. The summed E-state index contributed by atoms with van der Waals surface area (Å²) < 4.78 is 15.3. The van der Waals surface area contributed by atoms with Crippen LogP contribution in [0.5, 0.6) is 0 Å². The van der Waals surface area contributed by atoms with Gasteiger partial charge in [0, 0.05) is 81.0 Å². The van der Waals surface area contributed by atoms with Crippen LogP contribution in [-0.2, 0) is 11.2 Å². The number of nitrogens with zero attached hydrogens (tertiary/aromatic N) is 3. The summed E-state index contributed by atoms with van der Waals surface area (Å²) in [4.78, 5) is 18.0. The molecule has 1 amide bonds. The van der Waals surface area contributed by atoms with Crippen LogP contribution in [0.1, 0.15) is 70.4 Å². The number of aliphatic hydroxyl groups excluding tert-OH is 1. The zero-order valence-electron chi connectivity index (χ0n) is 37.0. The zero-order valence-corrected chi connectivity index (χ0v) is 37.0. The van der Waals surface area contributed by atoms with Crippen molar-refractivity contribution in [2.45, 2.75) is 71.8 Å². The minimum absolute atomic E-state index is 0.0996. The SMILES string of the molecule is C=C.C=C/C(=C(C)\C(N)=C(/C)O)N1CCC(/C=C\C(=C)Nc2ccc(CCCN(CCNC=O)C3CN(c4ccc(C(C=C)CCC)cc4)C3)c(F)c2)=C(C)C1.C=CNC. The molecule has 2 aromatic carbocycles. The highest BCUT2D eigenvalue weighted by molar-refractivity contribution is 5.53. The summed E-state index contributed by atoms with van der Waals surface area (Å²) in [5.74, 6) is 0.256. The van der Waals surface area contributed by atoms with E-state index in [1.165, 1.54) is 28.5 Å². The summed E-state index contributed by atoms with van der Waals surface area (Å²) >= 11 is 0. The molecule has 0 aromatic heterocycles. The van der Waals surface area contributed by atoms with Gasteiger partial charge in [-0.2, -0.15) is 0 Å². The second-order valence-electron chi connectivity index (χ2n) is 15.0. The largest absolute Gasteiger partial charge is 0.510 e. The molecule has 0 spiro atoms. The number of amides is 1. The van der Waals surface area contributed by atoms with Gasteiger partial charge in [-0.15, -0.1) is 19.7 Å². The molecule has 1 saturated heterocycles. The Balaban J connectivity index is 0.00000195. The lowest BCUT2D eigenvalue weighted by Gasteiger charge is -2.47. The van der Waals surface area contributed by atoms with Gasteiger partial charge in [-0.1, -0.05) is 69.0 Å². The lowest BCUT2D eigenvalue weighted by atomic mass is 9.94. The molecule has 326 valence electrons. The van der Waals surface area contributed by atoms with Gasteiger partial charge >= 0.3 is 0 Å². The molecule has 1 fully saturated rings. The van der Waals surface area contributed by atoms with Crippen LogP contribution in [-0.4, -0.2) is 80.2 Å². The first kappa shape index (κ1) is 50.4. The zero-order chi connectivity index (χ0) is 44.6. The molecule has 10 heteroatoms. The van der Waals surface area contributed by atoms with E-state index in [2.05, 4.69) is 114 Å². The number of nitrogens with one attached hydrogen (secondary N) is 3. The Morgan fingerprint density at radius 1 is 1.10 bits per heavy atom. The predicted octanol–water partition coefficient (Wildman–Crippen LogP) is 9.63. The molecule has 0 aliphatic carbocycles. The Kier molecular flexibility index (Phi) is 22.8. The number of nitrogens with two attached hydrogens (primary N) is 1. The van der Waals surface area contributed by atoms with Gasteiger partial charge in [-0.05, 0) is 118 Å². The molecular formula is C50H72FN7O2. The second-order valence-corrected chi connectivity index (χ2v) is 15.0. The maximum absolute atomic E-state index is 15.3. The number of hydrogen-bond acceptors (Lipinski definition) is 8. The van der Waals surface area contributed by atoms with Gasteiger partial charge < -0.3 is 36.6 Å². The molecular weight excluding hydrogens is 750 g/mol. The highest BCUT2D eigenvalue weighted by Gasteiger charge is 2.31. The van der Waals surface area contributed by atoms with Crippen molar-refractivity contribution < 1.29 is 14.3 Å². The van der Waals surface area contributed by atoms with Crippen molar-refractivity contribution in [1.82, 2.24) is 20.4 Å². The van der Waals surface area contributed by atoms with Gasteiger partial charge in [-0.25, -0.2) is 4.39 Å². The van der Waals surface area contributed by atoms with Crippen LogP contribution in [0.3, 0.4) is 0 Å². The predicted molar refractivity (Wildman–Crippen MR) is 254 cm³/mol. The molecule has 9 nitrogen and oxygen atoms in total. The van der Waals surface area contributed by atoms with E-state index in [9.17, 15) is 9.90 Å². The smallest absolute Gasteiger partial charge is 0.207 e. The summed E-state index contributed by atoms with van der Waals surface area (Å²) in [5, 5.41) is 18.6. The number of aryl methyl sites for hydroxylation is 1. The van der Waals surface area contributed by atoms with Crippen molar-refractivity contribution in [2.75, 3.05) is 63.1 Å². The third-order valence-electron chi connectivity index (χ3n) is 10.9. The fourth-order valence-electron chi connectivity index (χ4n) is 7.33. The Labute approximate surface area is 361 Å².